The van der Waals surface area contributed by atoms with Crippen LogP contribution in [0.25, 0.3) is 21.9 Å². The number of rotatable bonds is 5. The van der Waals surface area contributed by atoms with Crippen LogP contribution in [0.15, 0.2) is 42.5 Å². The molecule has 0 radical (unpaired) electrons. The highest BCUT2D eigenvalue weighted by atomic mass is 32.1. The molecule has 0 atom stereocenters. The van der Waals surface area contributed by atoms with Gasteiger partial charge in [-0.15, -0.1) is 11.3 Å². The highest BCUT2D eigenvalue weighted by Crippen LogP contribution is 2.32. The minimum absolute atomic E-state index is 0.0350. The van der Waals surface area contributed by atoms with Crippen LogP contribution in [-0.4, -0.2) is 18.2 Å². The third-order valence-corrected chi connectivity index (χ3v) is 4.58. The van der Waals surface area contributed by atoms with Crippen molar-refractivity contribution < 1.29 is 9.47 Å². The lowest BCUT2D eigenvalue weighted by atomic mass is 10.1. The Balaban J connectivity index is 2.00. The summed E-state index contributed by atoms with van der Waals surface area (Å²) in [6.07, 6.45) is 1.86. The van der Waals surface area contributed by atoms with Crippen LogP contribution < -0.4 is 9.47 Å². The van der Waals surface area contributed by atoms with Gasteiger partial charge in [-0.1, -0.05) is 18.2 Å². The lowest BCUT2D eigenvalue weighted by molar-refractivity contribution is 0.230. The van der Waals surface area contributed by atoms with Crippen molar-refractivity contribution in [3.63, 3.8) is 0 Å². The second-order valence-electron chi connectivity index (χ2n) is 5.73. The Hall–Kier alpha value is -2.84. The second-order valence-corrected chi connectivity index (χ2v) is 6.76. The molecule has 0 amide bonds. The van der Waals surface area contributed by atoms with E-state index < -0.39 is 0 Å². The molecule has 5 heteroatoms. The van der Waals surface area contributed by atoms with E-state index in [0.29, 0.717) is 22.1 Å². The van der Waals surface area contributed by atoms with Crippen LogP contribution >= 0.6 is 11.3 Å². The molecule has 2 aromatic carbocycles. The van der Waals surface area contributed by atoms with Crippen LogP contribution in [0.1, 0.15) is 24.4 Å². The molecule has 0 aliphatic rings. The third-order valence-electron chi connectivity index (χ3n) is 3.51. The Morgan fingerprint density at radius 3 is 2.68 bits per heavy atom. The predicted molar refractivity (Wildman–Crippen MR) is 102 cm³/mol. The minimum atomic E-state index is 0.0350. The lowest BCUT2D eigenvalue weighted by Crippen LogP contribution is -2.06. The second kappa shape index (κ2) is 7.37. The van der Waals surface area contributed by atoms with E-state index in [1.54, 1.807) is 7.11 Å². The van der Waals surface area contributed by atoms with Crippen molar-refractivity contribution in [2.24, 2.45) is 0 Å². The maximum Gasteiger partial charge on any atom is 0.162 e. The molecule has 1 heterocycles. The van der Waals surface area contributed by atoms with Gasteiger partial charge in [0.15, 0.2) is 11.5 Å². The molecular weight excluding hydrogens is 332 g/mol. The van der Waals surface area contributed by atoms with Crippen LogP contribution in [0.2, 0.25) is 0 Å². The molecule has 25 heavy (non-hydrogen) atoms. The number of benzene rings is 2. The SMILES string of the molecule is COc1ccc(/C=C(\C#N)c2nc3ccccc3s2)cc1OC(C)C. The highest BCUT2D eigenvalue weighted by molar-refractivity contribution is 7.19. The maximum absolute atomic E-state index is 9.57. The van der Waals surface area contributed by atoms with Crippen molar-refractivity contribution in [1.82, 2.24) is 4.98 Å². The molecular formula is C20H18N2O2S. The number of allylic oxidation sites excluding steroid dienone is 1. The fourth-order valence-electron chi connectivity index (χ4n) is 2.43. The molecule has 1 aromatic heterocycles. The molecule has 0 N–H and O–H groups in total. The summed E-state index contributed by atoms with van der Waals surface area (Å²) in [6.45, 7) is 3.92. The fourth-order valence-corrected chi connectivity index (χ4v) is 3.36. The molecule has 3 aromatic rings. The standard InChI is InChI=1S/C20H18N2O2S/c1-13(2)24-18-11-14(8-9-17(18)23-3)10-15(12-21)20-22-16-6-4-5-7-19(16)25-20/h4-11,13H,1-3H3/b15-10+. The highest BCUT2D eigenvalue weighted by Gasteiger charge is 2.11. The van der Waals surface area contributed by atoms with Crippen molar-refractivity contribution in [1.29, 1.82) is 5.26 Å². The maximum atomic E-state index is 9.57. The molecule has 3 rings (SSSR count). The van der Waals surface area contributed by atoms with Gasteiger partial charge >= 0.3 is 0 Å². The van der Waals surface area contributed by atoms with Crippen LogP contribution in [0, 0.1) is 11.3 Å². The van der Waals surface area contributed by atoms with E-state index in [-0.39, 0.29) is 6.10 Å². The molecule has 126 valence electrons. The van der Waals surface area contributed by atoms with Crippen molar-refractivity contribution in [3.05, 3.63) is 53.0 Å². The summed E-state index contributed by atoms with van der Waals surface area (Å²) in [7, 11) is 1.61. The van der Waals surface area contributed by atoms with E-state index in [4.69, 9.17) is 9.47 Å². The van der Waals surface area contributed by atoms with Crippen molar-refractivity contribution in [3.8, 4) is 17.6 Å². The zero-order valence-electron chi connectivity index (χ0n) is 14.3. The topological polar surface area (TPSA) is 55.1 Å². The van der Waals surface area contributed by atoms with Gasteiger partial charge in [-0.25, -0.2) is 4.98 Å². The average Bonchev–Trinajstić information content (AvgIpc) is 3.03. The Morgan fingerprint density at radius 2 is 2.00 bits per heavy atom. The Bertz CT molecular complexity index is 934. The predicted octanol–water partition coefficient (Wildman–Crippen LogP) is 5.16. The molecule has 0 spiro atoms. The number of nitrogens with zero attached hydrogens (tertiary/aromatic N) is 2. The summed E-state index contributed by atoms with van der Waals surface area (Å²) in [5, 5.41) is 10.3. The molecule has 0 aliphatic carbocycles. The van der Waals surface area contributed by atoms with Gasteiger partial charge < -0.3 is 9.47 Å². The number of para-hydroxylation sites is 1. The van der Waals surface area contributed by atoms with Gasteiger partial charge in [0.25, 0.3) is 0 Å². The number of methoxy groups -OCH3 is 1. The van der Waals surface area contributed by atoms with Gasteiger partial charge in [-0.3, -0.25) is 0 Å². The van der Waals surface area contributed by atoms with Gasteiger partial charge in [0.1, 0.15) is 11.1 Å². The third kappa shape index (κ3) is 3.81. The quantitative estimate of drug-likeness (QED) is 0.597. The van der Waals surface area contributed by atoms with Gasteiger partial charge in [0.05, 0.1) is 29.0 Å². The first kappa shape index (κ1) is 17.0. The first-order valence-corrected chi connectivity index (χ1v) is 8.75. The molecule has 0 saturated carbocycles. The van der Waals surface area contributed by atoms with E-state index in [2.05, 4.69) is 11.1 Å². The summed E-state index contributed by atoms with van der Waals surface area (Å²) in [5.74, 6) is 1.33. The summed E-state index contributed by atoms with van der Waals surface area (Å²) in [4.78, 5) is 4.56. The zero-order valence-corrected chi connectivity index (χ0v) is 15.1. The molecule has 4 nitrogen and oxygen atoms in total. The van der Waals surface area contributed by atoms with E-state index >= 15 is 0 Å². The first-order chi connectivity index (χ1) is 12.1. The average molecular weight is 350 g/mol. The van der Waals surface area contributed by atoms with Crippen molar-refractivity contribution in [2.75, 3.05) is 7.11 Å². The fraction of sp³-hybridized carbons (Fsp3) is 0.200. The summed E-state index contributed by atoms with van der Waals surface area (Å²) < 4.78 is 12.2. The lowest BCUT2D eigenvalue weighted by Gasteiger charge is -2.14. The molecule has 0 bridgehead atoms. The van der Waals surface area contributed by atoms with E-state index in [1.807, 2.05) is 62.4 Å². The summed E-state index contributed by atoms with van der Waals surface area (Å²) >= 11 is 1.51. The van der Waals surface area contributed by atoms with Gasteiger partial charge in [-0.2, -0.15) is 5.26 Å². The van der Waals surface area contributed by atoms with Gasteiger partial charge in [0, 0.05) is 0 Å². The zero-order chi connectivity index (χ0) is 17.8. The monoisotopic (exact) mass is 350 g/mol. The molecule has 0 aliphatic heterocycles. The number of thiazole rings is 1. The number of hydrogen-bond donors (Lipinski definition) is 0. The Labute approximate surface area is 151 Å². The molecule has 0 saturated heterocycles. The number of aromatic nitrogens is 1. The number of nitriles is 1. The van der Waals surface area contributed by atoms with E-state index in [0.717, 1.165) is 15.8 Å². The Morgan fingerprint density at radius 1 is 1.20 bits per heavy atom. The van der Waals surface area contributed by atoms with Crippen LogP contribution in [0.5, 0.6) is 11.5 Å². The summed E-state index contributed by atoms with van der Waals surface area (Å²) in [6, 6.07) is 15.8. The summed E-state index contributed by atoms with van der Waals surface area (Å²) in [5.41, 5.74) is 2.30. The largest absolute Gasteiger partial charge is 0.493 e. The normalized spacial score (nSPS) is 11.6. The molecule has 0 unspecified atom stereocenters. The van der Waals surface area contributed by atoms with Crippen molar-refractivity contribution >= 4 is 33.2 Å². The van der Waals surface area contributed by atoms with Crippen molar-refractivity contribution in [2.45, 2.75) is 20.0 Å². The Kier molecular flexibility index (Phi) is 5.01. The van der Waals surface area contributed by atoms with Crippen LogP contribution in [0.4, 0.5) is 0 Å². The number of ether oxygens (including phenoxy) is 2. The van der Waals surface area contributed by atoms with Gasteiger partial charge in [-0.05, 0) is 49.8 Å². The number of hydrogen-bond acceptors (Lipinski definition) is 5. The number of fused-ring (bicyclic) bond motifs is 1. The van der Waals surface area contributed by atoms with E-state index in [1.165, 1.54) is 11.3 Å². The molecule has 0 fully saturated rings. The van der Waals surface area contributed by atoms with Crippen LogP contribution in [-0.2, 0) is 0 Å². The van der Waals surface area contributed by atoms with Gasteiger partial charge in [0.2, 0.25) is 0 Å². The minimum Gasteiger partial charge on any atom is -0.493 e. The van der Waals surface area contributed by atoms with Crippen LogP contribution in [0.3, 0.4) is 0 Å². The first-order valence-electron chi connectivity index (χ1n) is 7.93. The van der Waals surface area contributed by atoms with E-state index in [9.17, 15) is 5.26 Å². The smallest absolute Gasteiger partial charge is 0.162 e.